The lowest BCUT2D eigenvalue weighted by Crippen LogP contribution is -2.44. The Balaban J connectivity index is 1.95. The number of hydrogen-bond acceptors (Lipinski definition) is 3. The summed E-state index contributed by atoms with van der Waals surface area (Å²) in [4.78, 5) is 6.83. The summed E-state index contributed by atoms with van der Waals surface area (Å²) in [6.45, 7) is 9.13. The highest BCUT2D eigenvalue weighted by atomic mass is 15.3. The lowest BCUT2D eigenvalue weighted by atomic mass is 9.89. The number of nitrogens with zero attached hydrogens (tertiary/aromatic N) is 2. The summed E-state index contributed by atoms with van der Waals surface area (Å²) in [5.41, 5.74) is 0.529. The van der Waals surface area contributed by atoms with E-state index < -0.39 is 0 Å². The van der Waals surface area contributed by atoms with Crippen molar-refractivity contribution < 1.29 is 0 Å². The van der Waals surface area contributed by atoms with E-state index in [1.165, 1.54) is 19.3 Å². The molecule has 1 saturated carbocycles. The van der Waals surface area contributed by atoms with Crippen LogP contribution in [0.4, 0.5) is 0 Å². The van der Waals surface area contributed by atoms with Gasteiger partial charge in [0.15, 0.2) is 5.96 Å². The number of nitrogens with one attached hydrogen (secondary N) is 1. The normalized spacial score (nSPS) is 33.9. The lowest BCUT2D eigenvalue weighted by Gasteiger charge is -2.28. The highest BCUT2D eigenvalue weighted by molar-refractivity contribution is 5.81. The summed E-state index contributed by atoms with van der Waals surface area (Å²) >= 11 is 0. The molecule has 16 heavy (non-hydrogen) atoms. The zero-order valence-electron chi connectivity index (χ0n) is 11.1. The summed E-state index contributed by atoms with van der Waals surface area (Å²) in [5, 5.41) is 3.64. The van der Waals surface area contributed by atoms with Crippen LogP contribution in [0.15, 0.2) is 4.99 Å². The molecule has 0 amide bonds. The predicted octanol–water partition coefficient (Wildman–Crippen LogP) is 2.09. The molecule has 2 atom stereocenters. The van der Waals surface area contributed by atoms with Crippen LogP contribution in [0, 0.1) is 11.3 Å². The first-order chi connectivity index (χ1) is 7.60. The molecular weight excluding hydrogens is 198 g/mol. The summed E-state index contributed by atoms with van der Waals surface area (Å²) < 4.78 is 0. The van der Waals surface area contributed by atoms with Gasteiger partial charge in [0.2, 0.25) is 0 Å². The minimum atomic E-state index is 0.529. The standard InChI is InChI=1S/C13H25N3/c1-5-13(10(2)3)9-11(13)15-12-14-7-6-8-16(12)4/h10-11H,5-9H2,1-4H3,(H,14,15). The molecule has 3 nitrogen and oxygen atoms in total. The Kier molecular flexibility index (Phi) is 3.13. The van der Waals surface area contributed by atoms with Gasteiger partial charge in [-0.25, -0.2) is 0 Å². The van der Waals surface area contributed by atoms with Crippen LogP contribution in [0.1, 0.15) is 40.0 Å². The van der Waals surface area contributed by atoms with Gasteiger partial charge in [0.25, 0.3) is 0 Å². The maximum absolute atomic E-state index is 4.58. The van der Waals surface area contributed by atoms with Crippen LogP contribution in [0.2, 0.25) is 0 Å². The van der Waals surface area contributed by atoms with E-state index in [9.17, 15) is 0 Å². The predicted molar refractivity (Wildman–Crippen MR) is 68.7 cm³/mol. The maximum atomic E-state index is 4.58. The number of rotatable bonds is 3. The minimum absolute atomic E-state index is 0.529. The molecule has 2 aliphatic rings. The Morgan fingerprint density at radius 3 is 2.81 bits per heavy atom. The monoisotopic (exact) mass is 223 g/mol. The average Bonchev–Trinajstić information content (AvgIpc) is 2.96. The van der Waals surface area contributed by atoms with E-state index >= 15 is 0 Å². The van der Waals surface area contributed by atoms with Crippen molar-refractivity contribution in [3.05, 3.63) is 0 Å². The van der Waals surface area contributed by atoms with Gasteiger partial charge in [-0.15, -0.1) is 0 Å². The third kappa shape index (κ3) is 1.92. The zero-order valence-corrected chi connectivity index (χ0v) is 11.1. The smallest absolute Gasteiger partial charge is 0.193 e. The van der Waals surface area contributed by atoms with E-state index in [1.54, 1.807) is 0 Å². The molecule has 1 aliphatic heterocycles. The fraction of sp³-hybridized carbons (Fsp3) is 0.923. The van der Waals surface area contributed by atoms with Gasteiger partial charge < -0.3 is 10.2 Å². The molecule has 0 saturated heterocycles. The first kappa shape index (κ1) is 11.7. The van der Waals surface area contributed by atoms with E-state index in [2.05, 4.69) is 43.0 Å². The molecule has 0 aromatic carbocycles. The topological polar surface area (TPSA) is 27.6 Å². The second-order valence-corrected chi connectivity index (χ2v) is 5.62. The molecular formula is C13H25N3. The molecule has 2 rings (SSSR count). The molecule has 0 bridgehead atoms. The summed E-state index contributed by atoms with van der Waals surface area (Å²) in [7, 11) is 2.14. The molecule has 2 unspecified atom stereocenters. The highest BCUT2D eigenvalue weighted by Gasteiger charge is 2.55. The number of hydrogen-bond donors (Lipinski definition) is 1. The molecule has 1 N–H and O–H groups in total. The molecule has 1 fully saturated rings. The zero-order chi connectivity index (χ0) is 11.8. The minimum Gasteiger partial charge on any atom is -0.353 e. The fourth-order valence-corrected chi connectivity index (χ4v) is 2.98. The molecule has 0 spiro atoms. The fourth-order valence-electron chi connectivity index (χ4n) is 2.98. The molecule has 1 aliphatic carbocycles. The van der Waals surface area contributed by atoms with E-state index in [-0.39, 0.29) is 0 Å². The number of aliphatic imine (C=N–C) groups is 1. The van der Waals surface area contributed by atoms with Crippen molar-refractivity contribution in [3.63, 3.8) is 0 Å². The first-order valence-electron chi connectivity index (χ1n) is 6.62. The van der Waals surface area contributed by atoms with Gasteiger partial charge in [0.1, 0.15) is 0 Å². The quantitative estimate of drug-likeness (QED) is 0.793. The highest BCUT2D eigenvalue weighted by Crippen LogP contribution is 2.54. The molecule has 3 heteroatoms. The van der Waals surface area contributed by atoms with Crippen LogP contribution < -0.4 is 5.32 Å². The van der Waals surface area contributed by atoms with Gasteiger partial charge in [0, 0.05) is 26.2 Å². The van der Waals surface area contributed by atoms with Crippen molar-refractivity contribution in [2.75, 3.05) is 20.1 Å². The molecule has 0 aromatic rings. The summed E-state index contributed by atoms with van der Waals surface area (Å²) in [6.07, 6.45) is 3.78. The second kappa shape index (κ2) is 4.27. The number of guanidine groups is 1. The van der Waals surface area contributed by atoms with Gasteiger partial charge in [-0.05, 0) is 30.6 Å². The molecule has 92 valence electrons. The third-order valence-corrected chi connectivity index (χ3v) is 4.50. The van der Waals surface area contributed by atoms with E-state index in [0.29, 0.717) is 11.5 Å². The van der Waals surface area contributed by atoms with Crippen LogP contribution in [0.3, 0.4) is 0 Å². The Labute approximate surface area is 99.3 Å². The van der Waals surface area contributed by atoms with Gasteiger partial charge in [0.05, 0.1) is 0 Å². The molecule has 1 heterocycles. The summed E-state index contributed by atoms with van der Waals surface area (Å²) in [5.74, 6) is 1.89. The van der Waals surface area contributed by atoms with Crippen molar-refractivity contribution in [2.45, 2.75) is 46.1 Å². The van der Waals surface area contributed by atoms with Crippen molar-refractivity contribution in [2.24, 2.45) is 16.3 Å². The van der Waals surface area contributed by atoms with Crippen LogP contribution in [0.5, 0.6) is 0 Å². The van der Waals surface area contributed by atoms with Gasteiger partial charge in [-0.3, -0.25) is 4.99 Å². The Morgan fingerprint density at radius 1 is 1.56 bits per heavy atom. The Bertz CT molecular complexity index is 285. The van der Waals surface area contributed by atoms with Gasteiger partial charge >= 0.3 is 0 Å². The molecule has 0 radical (unpaired) electrons. The van der Waals surface area contributed by atoms with Crippen LogP contribution in [-0.2, 0) is 0 Å². The van der Waals surface area contributed by atoms with Crippen molar-refractivity contribution in [1.82, 2.24) is 10.2 Å². The summed E-state index contributed by atoms with van der Waals surface area (Å²) in [6, 6.07) is 0.650. The average molecular weight is 223 g/mol. The lowest BCUT2D eigenvalue weighted by molar-refractivity contribution is 0.323. The Hall–Kier alpha value is -0.730. The van der Waals surface area contributed by atoms with Crippen LogP contribution in [-0.4, -0.2) is 37.0 Å². The van der Waals surface area contributed by atoms with Crippen LogP contribution >= 0.6 is 0 Å². The van der Waals surface area contributed by atoms with Crippen molar-refractivity contribution in [3.8, 4) is 0 Å². The van der Waals surface area contributed by atoms with Crippen molar-refractivity contribution >= 4 is 5.96 Å². The van der Waals surface area contributed by atoms with Crippen molar-refractivity contribution in [1.29, 1.82) is 0 Å². The second-order valence-electron chi connectivity index (χ2n) is 5.62. The largest absolute Gasteiger partial charge is 0.353 e. The first-order valence-corrected chi connectivity index (χ1v) is 6.62. The van der Waals surface area contributed by atoms with E-state index in [0.717, 1.165) is 25.0 Å². The SMILES string of the molecule is CCC1(C(C)C)CC1NC1=NCCCN1C. The third-order valence-electron chi connectivity index (χ3n) is 4.50. The van der Waals surface area contributed by atoms with E-state index in [4.69, 9.17) is 0 Å². The van der Waals surface area contributed by atoms with Crippen LogP contribution in [0.25, 0.3) is 0 Å². The Morgan fingerprint density at radius 2 is 2.31 bits per heavy atom. The van der Waals surface area contributed by atoms with E-state index in [1.807, 2.05) is 0 Å². The van der Waals surface area contributed by atoms with Gasteiger partial charge in [-0.2, -0.15) is 0 Å². The molecule has 0 aromatic heterocycles. The maximum Gasteiger partial charge on any atom is 0.193 e. The van der Waals surface area contributed by atoms with Gasteiger partial charge in [-0.1, -0.05) is 20.8 Å².